The number of amides is 1. The van der Waals surface area contributed by atoms with Gasteiger partial charge >= 0.3 is 0 Å². The molecule has 0 spiro atoms. The number of allylic oxidation sites excluding steroid dienone is 2. The molecule has 0 radical (unpaired) electrons. The number of ether oxygens (including phenoxy) is 1. The largest absolute Gasteiger partial charge is 0.497 e. The van der Waals surface area contributed by atoms with Gasteiger partial charge in [-0.25, -0.2) is 0 Å². The summed E-state index contributed by atoms with van der Waals surface area (Å²) in [6.07, 6.45) is 4.64. The monoisotopic (exact) mass is 333 g/mol. The minimum Gasteiger partial charge on any atom is -0.497 e. The number of nitrogens with zero attached hydrogens (tertiary/aromatic N) is 1. The molecule has 1 aromatic rings. The van der Waals surface area contributed by atoms with E-state index in [1.54, 1.807) is 25.3 Å². The van der Waals surface area contributed by atoms with Crippen molar-refractivity contribution in [2.45, 2.75) is 10.3 Å². The first-order valence-corrected chi connectivity index (χ1v) is 6.82. The van der Waals surface area contributed by atoms with Crippen LogP contribution in [0.15, 0.2) is 49.2 Å². The summed E-state index contributed by atoms with van der Waals surface area (Å²) in [6, 6.07) is 7.26. The number of carbonyl (C=O) groups is 1. The molecule has 0 aromatic heterocycles. The maximum absolute atomic E-state index is 12.0. The Balaban J connectivity index is 2.91. The van der Waals surface area contributed by atoms with Gasteiger partial charge in [0.15, 0.2) is 0 Å². The Kier molecular flexibility index (Phi) is 6.40. The lowest BCUT2D eigenvalue weighted by atomic mass is 10.2. The molecule has 0 aliphatic heterocycles. The smallest absolute Gasteiger partial charge is 0.278 e. The van der Waals surface area contributed by atoms with Crippen LogP contribution in [-0.2, 0) is 11.3 Å². The van der Waals surface area contributed by atoms with Crippen molar-refractivity contribution in [3.8, 4) is 5.75 Å². The van der Waals surface area contributed by atoms with Crippen molar-refractivity contribution >= 4 is 40.7 Å². The van der Waals surface area contributed by atoms with Crippen LogP contribution in [0.1, 0.15) is 5.56 Å². The van der Waals surface area contributed by atoms with E-state index in [0.717, 1.165) is 11.3 Å². The van der Waals surface area contributed by atoms with Gasteiger partial charge in [0.1, 0.15) is 5.75 Å². The molecule has 1 amide bonds. The van der Waals surface area contributed by atoms with Crippen molar-refractivity contribution in [2.24, 2.45) is 0 Å². The standard InChI is InChI=1S/C14H14Cl3NO2/c1-3-4-9-18(13(19)14(15,16)17)10-11-5-7-12(20-2)8-6-11/h3-9H,1,10H2,2H3/b9-4+. The highest BCUT2D eigenvalue weighted by atomic mass is 35.6. The fourth-order valence-corrected chi connectivity index (χ4v) is 1.77. The highest BCUT2D eigenvalue weighted by molar-refractivity contribution is 6.76. The zero-order valence-electron chi connectivity index (χ0n) is 10.9. The van der Waals surface area contributed by atoms with E-state index >= 15 is 0 Å². The van der Waals surface area contributed by atoms with E-state index in [-0.39, 0.29) is 6.54 Å². The third kappa shape index (κ3) is 5.08. The predicted molar refractivity (Wildman–Crippen MR) is 83.2 cm³/mol. The summed E-state index contributed by atoms with van der Waals surface area (Å²) in [4.78, 5) is 13.3. The molecular weight excluding hydrogens is 321 g/mol. The number of rotatable bonds is 5. The summed E-state index contributed by atoms with van der Waals surface area (Å²) in [7, 11) is 1.58. The molecule has 0 atom stereocenters. The van der Waals surface area contributed by atoms with E-state index in [4.69, 9.17) is 39.5 Å². The van der Waals surface area contributed by atoms with Crippen LogP contribution in [0.3, 0.4) is 0 Å². The second-order valence-electron chi connectivity index (χ2n) is 3.86. The van der Waals surface area contributed by atoms with Crippen LogP contribution in [0.5, 0.6) is 5.75 Å². The van der Waals surface area contributed by atoms with Crippen molar-refractivity contribution in [1.29, 1.82) is 0 Å². The topological polar surface area (TPSA) is 29.5 Å². The quantitative estimate of drug-likeness (QED) is 0.599. The van der Waals surface area contributed by atoms with Crippen molar-refractivity contribution in [2.75, 3.05) is 7.11 Å². The number of hydrogen-bond donors (Lipinski definition) is 0. The molecule has 108 valence electrons. The van der Waals surface area contributed by atoms with E-state index in [1.165, 1.54) is 17.2 Å². The molecular formula is C14H14Cl3NO2. The summed E-state index contributed by atoms with van der Waals surface area (Å²) >= 11 is 16.9. The Bertz CT molecular complexity index is 492. The zero-order valence-corrected chi connectivity index (χ0v) is 13.1. The molecule has 0 heterocycles. The first-order valence-electron chi connectivity index (χ1n) is 5.68. The van der Waals surface area contributed by atoms with Gasteiger partial charge in [-0.3, -0.25) is 4.79 Å². The number of carbonyl (C=O) groups excluding carboxylic acids is 1. The fourth-order valence-electron chi connectivity index (χ4n) is 1.45. The molecule has 1 rings (SSSR count). The van der Waals surface area contributed by atoms with Gasteiger partial charge in [-0.2, -0.15) is 0 Å². The number of methoxy groups -OCH3 is 1. The number of halogens is 3. The number of benzene rings is 1. The summed E-state index contributed by atoms with van der Waals surface area (Å²) in [5, 5.41) is 0. The van der Waals surface area contributed by atoms with Crippen LogP contribution in [0.4, 0.5) is 0 Å². The molecule has 0 aliphatic rings. The van der Waals surface area contributed by atoms with E-state index in [9.17, 15) is 4.79 Å². The molecule has 20 heavy (non-hydrogen) atoms. The van der Waals surface area contributed by atoms with Crippen molar-refractivity contribution in [3.63, 3.8) is 0 Å². The van der Waals surface area contributed by atoms with Crippen molar-refractivity contribution in [1.82, 2.24) is 4.90 Å². The summed E-state index contributed by atoms with van der Waals surface area (Å²) in [5.41, 5.74) is 0.877. The maximum atomic E-state index is 12.0. The Labute approximate surface area is 133 Å². The lowest BCUT2D eigenvalue weighted by Gasteiger charge is -2.22. The maximum Gasteiger partial charge on any atom is 0.278 e. The summed E-state index contributed by atoms with van der Waals surface area (Å²) in [5.74, 6) is 0.103. The molecule has 0 aliphatic carbocycles. The third-order valence-electron chi connectivity index (χ3n) is 2.42. The highest BCUT2D eigenvalue weighted by Gasteiger charge is 2.34. The Morgan fingerprint density at radius 3 is 2.40 bits per heavy atom. The van der Waals surface area contributed by atoms with Gasteiger partial charge in [0.05, 0.1) is 13.7 Å². The van der Waals surface area contributed by atoms with Gasteiger partial charge in [0, 0.05) is 6.20 Å². The van der Waals surface area contributed by atoms with E-state index < -0.39 is 9.70 Å². The molecule has 0 unspecified atom stereocenters. The van der Waals surface area contributed by atoms with Gasteiger partial charge in [-0.15, -0.1) is 0 Å². The highest BCUT2D eigenvalue weighted by Crippen LogP contribution is 2.29. The first kappa shape index (κ1) is 16.9. The van der Waals surface area contributed by atoms with Crippen LogP contribution in [0.2, 0.25) is 0 Å². The van der Waals surface area contributed by atoms with E-state index in [2.05, 4.69) is 6.58 Å². The SMILES string of the molecule is C=C/C=C/N(Cc1ccc(OC)cc1)C(=O)C(Cl)(Cl)Cl. The van der Waals surface area contributed by atoms with Gasteiger partial charge < -0.3 is 9.64 Å². The van der Waals surface area contributed by atoms with Crippen LogP contribution in [0.25, 0.3) is 0 Å². The van der Waals surface area contributed by atoms with Crippen LogP contribution < -0.4 is 4.74 Å². The van der Waals surface area contributed by atoms with Gasteiger partial charge in [0.2, 0.25) is 0 Å². The van der Waals surface area contributed by atoms with Crippen molar-refractivity contribution < 1.29 is 9.53 Å². The van der Waals surface area contributed by atoms with E-state index in [0.29, 0.717) is 0 Å². The molecule has 0 bridgehead atoms. The first-order chi connectivity index (χ1) is 9.38. The second-order valence-corrected chi connectivity index (χ2v) is 6.14. The minimum atomic E-state index is -2.00. The molecule has 0 saturated carbocycles. The summed E-state index contributed by atoms with van der Waals surface area (Å²) in [6.45, 7) is 3.82. The molecule has 0 saturated heterocycles. The van der Waals surface area contributed by atoms with Gasteiger partial charge in [-0.1, -0.05) is 59.6 Å². The molecule has 6 heteroatoms. The Morgan fingerprint density at radius 2 is 1.95 bits per heavy atom. The predicted octanol–water partition coefficient (Wildman–Crippen LogP) is 4.09. The lowest BCUT2D eigenvalue weighted by molar-refractivity contribution is -0.128. The molecule has 3 nitrogen and oxygen atoms in total. The molecule has 0 fully saturated rings. The van der Waals surface area contributed by atoms with E-state index in [1.807, 2.05) is 12.1 Å². The average molecular weight is 335 g/mol. The number of alkyl halides is 3. The third-order valence-corrected chi connectivity index (χ3v) is 2.90. The normalized spacial score (nSPS) is 11.4. The lowest BCUT2D eigenvalue weighted by Crippen LogP contribution is -2.35. The molecule has 0 N–H and O–H groups in total. The van der Waals surface area contributed by atoms with Crippen molar-refractivity contribution in [3.05, 3.63) is 54.8 Å². The zero-order chi connectivity index (χ0) is 15.2. The Morgan fingerprint density at radius 1 is 1.35 bits per heavy atom. The molecule has 1 aromatic carbocycles. The van der Waals surface area contributed by atoms with Gasteiger partial charge in [-0.05, 0) is 23.8 Å². The average Bonchev–Trinajstić information content (AvgIpc) is 2.42. The van der Waals surface area contributed by atoms with Crippen LogP contribution in [0, 0.1) is 0 Å². The number of hydrogen-bond acceptors (Lipinski definition) is 2. The fraction of sp³-hybridized carbons (Fsp3) is 0.214. The minimum absolute atomic E-state index is 0.279. The summed E-state index contributed by atoms with van der Waals surface area (Å²) < 4.78 is 3.07. The van der Waals surface area contributed by atoms with Crippen LogP contribution >= 0.6 is 34.8 Å². The van der Waals surface area contributed by atoms with Gasteiger partial charge in [0.25, 0.3) is 9.70 Å². The Hall–Kier alpha value is -1.16. The second kappa shape index (κ2) is 7.58. The van der Waals surface area contributed by atoms with Crippen LogP contribution in [-0.4, -0.2) is 21.7 Å².